The Labute approximate surface area is 240 Å². The Morgan fingerprint density at radius 1 is 0.727 bits per heavy atom. The Morgan fingerprint density at radius 3 is 1.68 bits per heavy atom. The third-order valence-corrected chi connectivity index (χ3v) is 5.63. The number of nitro groups is 2. The van der Waals surface area contributed by atoms with Crippen molar-refractivity contribution in [2.75, 3.05) is 10.6 Å². The number of carbonyl (C=O) groups is 2. The van der Waals surface area contributed by atoms with E-state index in [0.717, 1.165) is 12.1 Å². The van der Waals surface area contributed by atoms with Gasteiger partial charge in [0.15, 0.2) is 11.2 Å². The number of rotatable bonds is 6. The smallest absolute Gasteiger partial charge is 0.408 e. The Hall–Kier alpha value is -7.12. The number of benzene rings is 2. The third kappa shape index (κ3) is 6.12. The molecule has 0 unspecified atom stereocenters. The predicted octanol–water partition coefficient (Wildman–Crippen LogP) is 2.14. The van der Waals surface area contributed by atoms with Crippen molar-refractivity contribution in [3.8, 4) is 0 Å². The number of fused-ring (bicyclic) bond motifs is 2. The molecule has 0 aliphatic carbocycles. The van der Waals surface area contributed by atoms with Crippen molar-refractivity contribution >= 4 is 56.8 Å². The first-order valence-electron chi connectivity index (χ1n) is 11.9. The van der Waals surface area contributed by atoms with E-state index < -0.39 is 33.2 Å². The van der Waals surface area contributed by atoms with Gasteiger partial charge in [-0.2, -0.15) is 10.2 Å². The van der Waals surface area contributed by atoms with Crippen LogP contribution in [0.1, 0.15) is 20.7 Å². The maximum absolute atomic E-state index is 12.0. The molecule has 0 saturated heterocycles. The number of nitrogens with zero attached hydrogens (tertiary/aromatic N) is 6. The van der Waals surface area contributed by atoms with Crippen LogP contribution in [0.5, 0.6) is 0 Å². The Morgan fingerprint density at radius 2 is 1.23 bits per heavy atom. The molecule has 2 aromatic carbocycles. The molecular weight excluding hydrogens is 588 g/mol. The number of nitro benzene ring substituents is 2. The van der Waals surface area contributed by atoms with Gasteiger partial charge in [0.1, 0.15) is 17.7 Å². The summed E-state index contributed by atoms with van der Waals surface area (Å²) in [7, 11) is 0. The van der Waals surface area contributed by atoms with Gasteiger partial charge in [0.25, 0.3) is 23.2 Å². The van der Waals surface area contributed by atoms with Crippen LogP contribution < -0.4 is 22.1 Å². The summed E-state index contributed by atoms with van der Waals surface area (Å²) in [6.45, 7) is 0. The van der Waals surface area contributed by atoms with Crippen molar-refractivity contribution in [1.82, 2.24) is 30.1 Å². The number of hydrogen-bond donors (Lipinski definition) is 4. The van der Waals surface area contributed by atoms with E-state index in [4.69, 9.17) is 8.83 Å². The number of amides is 2. The molecule has 4 N–H and O–H groups in total. The summed E-state index contributed by atoms with van der Waals surface area (Å²) in [5, 5.41) is 34.0. The predicted molar refractivity (Wildman–Crippen MR) is 147 cm³/mol. The SMILES string of the molecule is O=C(Nc1cc2oc(=O)[nH]c2cc1[N+](=O)[O-])c1ccnnc1.O=C(Nc1cc2oc(=O)[nH]c2cc1[N+](=O)[O-])c1cncnc1. The number of aromatic nitrogens is 6. The standard InChI is InChI=1S/2C12H7N5O5/c18-11(6-3-13-5-14-4-6)15-7-2-10-8(16-12(19)22-10)1-9(7)17(20)21;18-11(6-1-2-13-14-5-6)15-7-4-10-8(16-12(19)22-10)3-9(7)17(20)21/h2*1-5H,(H,15,18)(H,16,19). The van der Waals surface area contributed by atoms with Gasteiger partial charge in [0, 0.05) is 36.7 Å². The van der Waals surface area contributed by atoms with Gasteiger partial charge in [-0.15, -0.1) is 0 Å². The minimum atomic E-state index is -0.746. The molecule has 6 rings (SSSR count). The molecule has 0 aliphatic rings. The number of oxazole rings is 2. The molecule has 220 valence electrons. The van der Waals surface area contributed by atoms with E-state index in [2.05, 4.69) is 40.8 Å². The molecule has 20 heteroatoms. The summed E-state index contributed by atoms with van der Waals surface area (Å²) in [4.78, 5) is 79.1. The summed E-state index contributed by atoms with van der Waals surface area (Å²) in [5.74, 6) is -2.72. The molecular formula is C24H14N10O10. The van der Waals surface area contributed by atoms with Crippen molar-refractivity contribution in [3.63, 3.8) is 0 Å². The second-order valence-corrected chi connectivity index (χ2v) is 8.44. The molecule has 0 aliphatic heterocycles. The molecule has 0 atom stereocenters. The highest BCUT2D eigenvalue weighted by Gasteiger charge is 2.21. The van der Waals surface area contributed by atoms with E-state index in [-0.39, 0.29) is 56.1 Å². The molecule has 4 aromatic heterocycles. The summed E-state index contributed by atoms with van der Waals surface area (Å²) in [6.07, 6.45) is 6.32. The fourth-order valence-electron chi connectivity index (χ4n) is 3.70. The second-order valence-electron chi connectivity index (χ2n) is 8.44. The van der Waals surface area contributed by atoms with Crippen LogP contribution in [0, 0.1) is 20.2 Å². The van der Waals surface area contributed by atoms with E-state index in [9.17, 15) is 39.4 Å². The molecule has 0 radical (unpaired) electrons. The lowest BCUT2D eigenvalue weighted by molar-refractivity contribution is -0.383. The van der Waals surface area contributed by atoms with Gasteiger partial charge in [-0.25, -0.2) is 19.6 Å². The molecule has 4 heterocycles. The van der Waals surface area contributed by atoms with Crippen LogP contribution in [0.3, 0.4) is 0 Å². The minimum Gasteiger partial charge on any atom is -0.408 e. The molecule has 0 spiro atoms. The average Bonchev–Trinajstić information content (AvgIpc) is 3.56. The number of H-pyrrole nitrogens is 2. The second kappa shape index (κ2) is 11.8. The van der Waals surface area contributed by atoms with Crippen molar-refractivity contribution < 1.29 is 28.3 Å². The fourth-order valence-corrected chi connectivity index (χ4v) is 3.70. The first kappa shape index (κ1) is 28.4. The van der Waals surface area contributed by atoms with Crippen molar-refractivity contribution in [2.24, 2.45) is 0 Å². The van der Waals surface area contributed by atoms with Crippen LogP contribution in [-0.4, -0.2) is 51.8 Å². The summed E-state index contributed by atoms with van der Waals surface area (Å²) >= 11 is 0. The highest BCUT2D eigenvalue weighted by atomic mass is 16.6. The van der Waals surface area contributed by atoms with E-state index in [1.165, 1.54) is 49.3 Å². The van der Waals surface area contributed by atoms with Crippen molar-refractivity contribution in [2.45, 2.75) is 0 Å². The largest absolute Gasteiger partial charge is 0.417 e. The molecule has 44 heavy (non-hydrogen) atoms. The quantitative estimate of drug-likeness (QED) is 0.157. The zero-order valence-electron chi connectivity index (χ0n) is 21.5. The number of nitrogens with one attached hydrogen (secondary N) is 4. The number of aromatic amines is 2. The highest BCUT2D eigenvalue weighted by molar-refractivity contribution is 6.07. The van der Waals surface area contributed by atoms with Gasteiger partial charge >= 0.3 is 11.5 Å². The fraction of sp³-hybridized carbons (Fsp3) is 0. The monoisotopic (exact) mass is 602 g/mol. The zero-order valence-corrected chi connectivity index (χ0v) is 21.5. The Balaban J connectivity index is 0.000000175. The molecule has 6 aromatic rings. The topological polar surface area (TPSA) is 288 Å². The lowest BCUT2D eigenvalue weighted by Gasteiger charge is -2.05. The number of anilines is 2. The number of hydrogen-bond acceptors (Lipinski definition) is 14. The molecule has 0 fully saturated rings. The maximum atomic E-state index is 12.0. The van der Waals surface area contributed by atoms with Gasteiger partial charge < -0.3 is 19.5 Å². The maximum Gasteiger partial charge on any atom is 0.417 e. The average molecular weight is 602 g/mol. The first-order valence-corrected chi connectivity index (χ1v) is 11.9. The van der Waals surface area contributed by atoms with Crippen LogP contribution in [-0.2, 0) is 0 Å². The molecule has 20 nitrogen and oxygen atoms in total. The van der Waals surface area contributed by atoms with Gasteiger partial charge in [0.2, 0.25) is 0 Å². The van der Waals surface area contributed by atoms with Crippen molar-refractivity contribution in [1.29, 1.82) is 0 Å². The van der Waals surface area contributed by atoms with E-state index >= 15 is 0 Å². The summed E-state index contributed by atoms with van der Waals surface area (Å²) in [6, 6.07) is 6.03. The third-order valence-electron chi connectivity index (χ3n) is 5.63. The number of carbonyl (C=O) groups excluding carboxylic acids is 2. The van der Waals surface area contributed by atoms with Crippen LogP contribution in [0.15, 0.2) is 79.9 Å². The van der Waals surface area contributed by atoms with Crippen LogP contribution >= 0.6 is 0 Å². The van der Waals surface area contributed by atoms with Crippen LogP contribution in [0.25, 0.3) is 22.2 Å². The Bertz CT molecular complexity index is 2020. The summed E-state index contributed by atoms with van der Waals surface area (Å²) < 4.78 is 9.64. The van der Waals surface area contributed by atoms with E-state index in [1.807, 2.05) is 0 Å². The first-order chi connectivity index (χ1) is 21.1. The van der Waals surface area contributed by atoms with Gasteiger partial charge in [-0.1, -0.05) is 0 Å². The normalized spacial score (nSPS) is 10.5. The molecule has 0 bridgehead atoms. The van der Waals surface area contributed by atoms with Gasteiger partial charge in [-0.05, 0) is 6.07 Å². The Kier molecular flexibility index (Phi) is 7.60. The van der Waals surface area contributed by atoms with Crippen LogP contribution in [0.4, 0.5) is 22.7 Å². The summed E-state index contributed by atoms with van der Waals surface area (Å²) in [5.41, 5.74) is -0.120. The molecule has 2 amide bonds. The van der Waals surface area contributed by atoms with Gasteiger partial charge in [-0.3, -0.25) is 39.8 Å². The van der Waals surface area contributed by atoms with Gasteiger partial charge in [0.05, 0.1) is 44.4 Å². The van der Waals surface area contributed by atoms with Crippen LogP contribution in [0.2, 0.25) is 0 Å². The lowest BCUT2D eigenvalue weighted by atomic mass is 10.2. The highest BCUT2D eigenvalue weighted by Crippen LogP contribution is 2.30. The van der Waals surface area contributed by atoms with E-state index in [0.29, 0.717) is 0 Å². The molecule has 0 saturated carbocycles. The van der Waals surface area contributed by atoms with E-state index in [1.54, 1.807) is 0 Å². The van der Waals surface area contributed by atoms with Crippen molar-refractivity contribution in [3.05, 3.63) is 114 Å². The minimum absolute atomic E-state index is 0.0928. The zero-order chi connectivity index (χ0) is 31.4. The lowest BCUT2D eigenvalue weighted by Crippen LogP contribution is -2.13.